The normalized spacial score (nSPS) is 25.3. The summed E-state index contributed by atoms with van der Waals surface area (Å²) in [6.07, 6.45) is 14.5. The van der Waals surface area contributed by atoms with Gasteiger partial charge in [0.25, 0.3) is 0 Å². The molecule has 1 spiro atoms. The molecule has 8 nitrogen and oxygen atoms in total. The van der Waals surface area contributed by atoms with Crippen molar-refractivity contribution < 1.29 is 0 Å². The minimum absolute atomic E-state index is 0.442. The van der Waals surface area contributed by atoms with Crippen molar-refractivity contribution in [2.45, 2.75) is 70.4 Å². The topological polar surface area (TPSA) is 83.8 Å². The van der Waals surface area contributed by atoms with E-state index < -0.39 is 0 Å². The summed E-state index contributed by atoms with van der Waals surface area (Å²) in [7, 11) is 1.90. The number of anilines is 3. The van der Waals surface area contributed by atoms with Gasteiger partial charge in [0.2, 0.25) is 5.95 Å². The number of likely N-dealkylation sites (tertiary alicyclic amines) is 1. The lowest BCUT2D eigenvalue weighted by atomic mass is 9.87. The highest BCUT2D eigenvalue weighted by atomic mass is 32.1. The first kappa shape index (κ1) is 20.4. The first-order valence-corrected chi connectivity index (χ1v) is 12.8. The van der Waals surface area contributed by atoms with E-state index in [4.69, 9.17) is 15.0 Å². The minimum Gasteiger partial charge on any atom is -0.365 e. The fraction of sp³-hybridized carbons (Fsp3) is 0.652. The molecule has 1 saturated heterocycles. The van der Waals surface area contributed by atoms with Crippen LogP contribution in [0.25, 0.3) is 10.3 Å². The zero-order chi connectivity index (χ0) is 21.7. The monoisotopic (exact) mass is 452 g/mol. The summed E-state index contributed by atoms with van der Waals surface area (Å²) in [5.41, 5.74) is 2.53. The van der Waals surface area contributed by atoms with E-state index in [1.165, 1.54) is 64.5 Å². The molecule has 0 unspecified atom stereocenters. The quantitative estimate of drug-likeness (QED) is 0.591. The van der Waals surface area contributed by atoms with Crippen LogP contribution in [0.3, 0.4) is 0 Å². The Morgan fingerprint density at radius 3 is 2.50 bits per heavy atom. The van der Waals surface area contributed by atoms with E-state index in [9.17, 15) is 0 Å². The second-order valence-corrected chi connectivity index (χ2v) is 11.2. The molecule has 0 bridgehead atoms. The third kappa shape index (κ3) is 4.08. The fourth-order valence-electron chi connectivity index (χ4n) is 5.52. The fourth-order valence-corrected chi connectivity index (χ4v) is 6.30. The van der Waals surface area contributed by atoms with Crippen LogP contribution in [0, 0.1) is 12.3 Å². The number of hydrogen-bond acceptors (Lipinski definition) is 8. The van der Waals surface area contributed by atoms with Crippen molar-refractivity contribution in [1.29, 1.82) is 0 Å². The average molecular weight is 453 g/mol. The molecular formula is C23H32N8S. The van der Waals surface area contributed by atoms with Crippen molar-refractivity contribution in [3.05, 3.63) is 17.4 Å². The Labute approximate surface area is 192 Å². The predicted molar refractivity (Wildman–Crippen MR) is 129 cm³/mol. The molecular weight excluding hydrogens is 420 g/mol. The molecule has 2 aliphatic carbocycles. The van der Waals surface area contributed by atoms with Crippen molar-refractivity contribution in [2.75, 3.05) is 23.7 Å². The van der Waals surface area contributed by atoms with Crippen molar-refractivity contribution in [3.63, 3.8) is 0 Å². The largest absolute Gasteiger partial charge is 0.365 e. The van der Waals surface area contributed by atoms with Crippen LogP contribution in [-0.4, -0.2) is 54.8 Å². The number of rotatable bonds is 5. The van der Waals surface area contributed by atoms with Crippen molar-refractivity contribution in [2.24, 2.45) is 12.5 Å². The predicted octanol–water partition coefficient (Wildman–Crippen LogP) is 4.47. The summed E-state index contributed by atoms with van der Waals surface area (Å²) in [6, 6.07) is 1.20. The molecule has 9 heteroatoms. The summed E-state index contributed by atoms with van der Waals surface area (Å²) in [5, 5.41) is 12.3. The molecule has 32 heavy (non-hydrogen) atoms. The van der Waals surface area contributed by atoms with E-state index in [0.29, 0.717) is 12.0 Å². The molecule has 4 heterocycles. The van der Waals surface area contributed by atoms with Gasteiger partial charge in [0, 0.05) is 25.3 Å². The summed E-state index contributed by atoms with van der Waals surface area (Å²) in [5.74, 6) is 1.44. The number of fused-ring (bicyclic) bond motifs is 1. The summed E-state index contributed by atoms with van der Waals surface area (Å²) in [4.78, 5) is 17.9. The summed E-state index contributed by atoms with van der Waals surface area (Å²) >= 11 is 1.61. The SMILES string of the molecule is Cc1nc2c(NC3CCC(N4CCC5(CC4)CC5)CC3)nc(Nc3cnn(C)c3)nc2s1. The van der Waals surface area contributed by atoms with E-state index in [-0.39, 0.29) is 0 Å². The van der Waals surface area contributed by atoms with Gasteiger partial charge in [-0.2, -0.15) is 15.1 Å². The van der Waals surface area contributed by atoms with Gasteiger partial charge >= 0.3 is 0 Å². The maximum absolute atomic E-state index is 4.81. The van der Waals surface area contributed by atoms with E-state index in [0.717, 1.165) is 38.3 Å². The molecule has 1 aliphatic heterocycles. The Morgan fingerprint density at radius 1 is 1.03 bits per heavy atom. The van der Waals surface area contributed by atoms with Crippen LogP contribution in [0.2, 0.25) is 0 Å². The lowest BCUT2D eigenvalue weighted by molar-refractivity contribution is 0.0975. The van der Waals surface area contributed by atoms with Crippen molar-refractivity contribution >= 4 is 39.1 Å². The lowest BCUT2D eigenvalue weighted by Gasteiger charge is -2.41. The Balaban J connectivity index is 1.13. The van der Waals surface area contributed by atoms with Gasteiger partial charge in [0.1, 0.15) is 5.52 Å². The number of nitrogens with zero attached hydrogens (tertiary/aromatic N) is 6. The highest BCUT2D eigenvalue weighted by molar-refractivity contribution is 7.18. The van der Waals surface area contributed by atoms with E-state index in [1.54, 1.807) is 22.2 Å². The van der Waals surface area contributed by atoms with Crippen LogP contribution < -0.4 is 10.6 Å². The number of aromatic nitrogens is 5. The molecule has 2 saturated carbocycles. The van der Waals surface area contributed by atoms with Crippen molar-refractivity contribution in [3.8, 4) is 0 Å². The smallest absolute Gasteiger partial charge is 0.230 e. The van der Waals surface area contributed by atoms with Gasteiger partial charge in [-0.25, -0.2) is 4.98 Å². The lowest BCUT2D eigenvalue weighted by Crippen LogP contribution is -2.45. The van der Waals surface area contributed by atoms with E-state index >= 15 is 0 Å². The molecule has 2 N–H and O–H groups in total. The van der Waals surface area contributed by atoms with Crippen LogP contribution in [0.4, 0.5) is 17.5 Å². The van der Waals surface area contributed by atoms with Gasteiger partial charge in [-0.05, 0) is 76.8 Å². The molecule has 3 aromatic rings. The van der Waals surface area contributed by atoms with Crippen LogP contribution >= 0.6 is 11.3 Å². The van der Waals surface area contributed by atoms with Gasteiger partial charge in [-0.1, -0.05) is 11.3 Å². The molecule has 0 atom stereocenters. The average Bonchev–Trinajstić information content (AvgIpc) is 3.22. The molecule has 0 amide bonds. The second-order valence-electron chi connectivity index (χ2n) is 10.00. The van der Waals surface area contributed by atoms with Crippen LogP contribution in [-0.2, 0) is 7.05 Å². The maximum Gasteiger partial charge on any atom is 0.230 e. The highest BCUT2D eigenvalue weighted by Crippen LogP contribution is 2.54. The first-order valence-electron chi connectivity index (χ1n) is 12.0. The zero-order valence-electron chi connectivity index (χ0n) is 19.0. The molecule has 170 valence electrons. The molecule has 6 rings (SSSR count). The van der Waals surface area contributed by atoms with Crippen LogP contribution in [0.5, 0.6) is 0 Å². The Hall–Kier alpha value is -2.26. The van der Waals surface area contributed by atoms with Crippen molar-refractivity contribution in [1.82, 2.24) is 29.6 Å². The number of hydrogen-bond donors (Lipinski definition) is 2. The molecule has 0 aromatic carbocycles. The van der Waals surface area contributed by atoms with Gasteiger partial charge in [-0.15, -0.1) is 0 Å². The standard InChI is InChI=1S/C23H32N8S/c1-15-25-19-20(28-22(29-21(19)32-15)27-17-13-24-30(2)14-17)26-16-3-5-18(6-4-16)31-11-9-23(7-8-23)10-12-31/h13-14,16,18H,3-12H2,1-2H3,(H2,26,27,28,29). The van der Waals surface area contributed by atoms with Crippen LogP contribution in [0.15, 0.2) is 12.4 Å². The van der Waals surface area contributed by atoms with Gasteiger partial charge in [0.15, 0.2) is 10.6 Å². The Morgan fingerprint density at radius 2 is 1.81 bits per heavy atom. The van der Waals surface area contributed by atoms with Gasteiger partial charge < -0.3 is 15.5 Å². The Bertz CT molecular complexity index is 1100. The number of piperidine rings is 1. The zero-order valence-corrected chi connectivity index (χ0v) is 19.8. The highest BCUT2D eigenvalue weighted by Gasteiger charge is 2.45. The molecule has 0 radical (unpaired) electrons. The van der Waals surface area contributed by atoms with Gasteiger partial charge in [-0.3, -0.25) is 4.68 Å². The maximum atomic E-state index is 4.81. The van der Waals surface area contributed by atoms with E-state index in [1.807, 2.05) is 20.2 Å². The second kappa shape index (κ2) is 7.95. The number of thiazole rings is 1. The third-order valence-corrected chi connectivity index (χ3v) is 8.56. The Kier molecular flexibility index (Phi) is 5.06. The van der Waals surface area contributed by atoms with Gasteiger partial charge in [0.05, 0.1) is 16.9 Å². The summed E-state index contributed by atoms with van der Waals surface area (Å²) in [6.45, 7) is 4.66. The van der Waals surface area contributed by atoms with Crippen LogP contribution in [0.1, 0.15) is 56.4 Å². The first-order chi connectivity index (χ1) is 15.6. The summed E-state index contributed by atoms with van der Waals surface area (Å²) < 4.78 is 1.77. The number of nitrogens with one attached hydrogen (secondary N) is 2. The van der Waals surface area contributed by atoms with E-state index in [2.05, 4.69) is 20.6 Å². The number of aryl methyl sites for hydroxylation is 2. The molecule has 3 aliphatic rings. The minimum atomic E-state index is 0.442. The molecule has 3 aromatic heterocycles. The molecule has 3 fully saturated rings. The third-order valence-electron chi connectivity index (χ3n) is 7.70.